The van der Waals surface area contributed by atoms with Gasteiger partial charge in [-0.05, 0) is 31.5 Å². The Morgan fingerprint density at radius 1 is 1.29 bits per heavy atom. The summed E-state index contributed by atoms with van der Waals surface area (Å²) in [5.74, 6) is 0.837. The molecule has 0 N–H and O–H groups in total. The predicted molar refractivity (Wildman–Crippen MR) is 90.8 cm³/mol. The lowest BCUT2D eigenvalue weighted by molar-refractivity contribution is -0.121. The van der Waals surface area contributed by atoms with E-state index in [9.17, 15) is 9.59 Å². The van der Waals surface area contributed by atoms with E-state index in [4.69, 9.17) is 9.47 Å². The lowest BCUT2D eigenvalue weighted by atomic mass is 10.0. The Morgan fingerprint density at radius 2 is 2.04 bits per heavy atom. The molecule has 1 aliphatic rings. The molecule has 5 heteroatoms. The van der Waals surface area contributed by atoms with Gasteiger partial charge >= 0.3 is 0 Å². The highest BCUT2D eigenvalue weighted by atomic mass is 16.5. The smallest absolute Gasteiger partial charge is 0.265 e. The summed E-state index contributed by atoms with van der Waals surface area (Å²) in [6.45, 7) is 4.21. The first-order chi connectivity index (χ1) is 11.7. The largest absolute Gasteiger partial charge is 0.490 e. The predicted octanol–water partition coefficient (Wildman–Crippen LogP) is 3.38. The van der Waals surface area contributed by atoms with E-state index in [1.807, 2.05) is 44.2 Å². The van der Waals surface area contributed by atoms with Gasteiger partial charge in [-0.2, -0.15) is 0 Å². The summed E-state index contributed by atoms with van der Waals surface area (Å²) in [6.07, 6.45) is 0.743. The Balaban J connectivity index is 2.11. The highest BCUT2D eigenvalue weighted by molar-refractivity contribution is 6.00. The molecule has 1 heterocycles. The molecule has 124 valence electrons. The fraction of sp³-hybridized carbons (Fsp3) is 0.263. The highest BCUT2D eigenvalue weighted by Gasteiger charge is 2.32. The van der Waals surface area contributed by atoms with Crippen molar-refractivity contribution in [1.82, 2.24) is 0 Å². The first-order valence-electron chi connectivity index (χ1n) is 7.91. The number of hydrogen-bond donors (Lipinski definition) is 0. The summed E-state index contributed by atoms with van der Waals surface area (Å²) in [5.41, 5.74) is 2.02. The van der Waals surface area contributed by atoms with Gasteiger partial charge in [0, 0.05) is 5.56 Å². The van der Waals surface area contributed by atoms with Gasteiger partial charge < -0.3 is 9.47 Å². The number of benzene rings is 2. The maximum absolute atomic E-state index is 12.5. The van der Waals surface area contributed by atoms with E-state index in [0.29, 0.717) is 29.4 Å². The van der Waals surface area contributed by atoms with E-state index < -0.39 is 0 Å². The molecule has 3 rings (SSSR count). The van der Waals surface area contributed by atoms with Gasteiger partial charge in [0.05, 0.1) is 18.3 Å². The van der Waals surface area contributed by atoms with Crippen LogP contribution < -0.4 is 14.4 Å². The summed E-state index contributed by atoms with van der Waals surface area (Å²) >= 11 is 0. The highest BCUT2D eigenvalue weighted by Crippen LogP contribution is 2.44. The molecule has 1 unspecified atom stereocenters. The van der Waals surface area contributed by atoms with E-state index >= 15 is 0 Å². The molecule has 24 heavy (non-hydrogen) atoms. The zero-order chi connectivity index (χ0) is 17.1. The third-order valence-corrected chi connectivity index (χ3v) is 4.03. The summed E-state index contributed by atoms with van der Waals surface area (Å²) in [5, 5.41) is 0. The molecular formula is C19H19NO4. The van der Waals surface area contributed by atoms with Crippen molar-refractivity contribution in [2.45, 2.75) is 19.9 Å². The average Bonchev–Trinajstić information content (AvgIpc) is 2.61. The Morgan fingerprint density at radius 3 is 2.71 bits per heavy atom. The van der Waals surface area contributed by atoms with Gasteiger partial charge in [-0.15, -0.1) is 0 Å². The zero-order valence-corrected chi connectivity index (χ0v) is 13.7. The molecule has 1 aliphatic heterocycles. The SMILES string of the molecule is CCOc1cc(C=O)cc2c1OCC(=O)N2C(C)c1ccccc1. The van der Waals surface area contributed by atoms with Crippen molar-refractivity contribution in [3.8, 4) is 11.5 Å². The maximum Gasteiger partial charge on any atom is 0.265 e. The van der Waals surface area contributed by atoms with Crippen LogP contribution >= 0.6 is 0 Å². The molecule has 1 amide bonds. The van der Waals surface area contributed by atoms with E-state index in [1.54, 1.807) is 17.0 Å². The average molecular weight is 325 g/mol. The van der Waals surface area contributed by atoms with Crippen molar-refractivity contribution in [2.24, 2.45) is 0 Å². The van der Waals surface area contributed by atoms with Crippen molar-refractivity contribution in [2.75, 3.05) is 18.1 Å². The quantitative estimate of drug-likeness (QED) is 0.791. The number of amides is 1. The van der Waals surface area contributed by atoms with Crippen LogP contribution in [0.3, 0.4) is 0 Å². The minimum Gasteiger partial charge on any atom is -0.490 e. The lowest BCUT2D eigenvalue weighted by Crippen LogP contribution is -2.40. The van der Waals surface area contributed by atoms with Crippen LogP contribution in [0.5, 0.6) is 11.5 Å². The topological polar surface area (TPSA) is 55.8 Å². The van der Waals surface area contributed by atoms with E-state index in [1.165, 1.54) is 0 Å². The fourth-order valence-corrected chi connectivity index (χ4v) is 2.91. The van der Waals surface area contributed by atoms with E-state index in [2.05, 4.69) is 0 Å². The summed E-state index contributed by atoms with van der Waals surface area (Å²) in [6, 6.07) is 12.9. The second-order valence-electron chi connectivity index (χ2n) is 5.56. The number of carbonyl (C=O) groups excluding carboxylic acids is 2. The molecule has 5 nitrogen and oxygen atoms in total. The first kappa shape index (κ1) is 16.1. The van der Waals surface area contributed by atoms with Gasteiger partial charge in [-0.3, -0.25) is 14.5 Å². The lowest BCUT2D eigenvalue weighted by Gasteiger charge is -2.35. The molecular weight excluding hydrogens is 306 g/mol. The van der Waals surface area contributed by atoms with E-state index in [0.717, 1.165) is 11.8 Å². The normalized spacial score (nSPS) is 14.6. The van der Waals surface area contributed by atoms with Crippen LogP contribution in [-0.2, 0) is 4.79 Å². The van der Waals surface area contributed by atoms with Gasteiger partial charge in [-0.1, -0.05) is 30.3 Å². The molecule has 1 atom stereocenters. The zero-order valence-electron chi connectivity index (χ0n) is 13.7. The molecule has 0 spiro atoms. The Hall–Kier alpha value is -2.82. The molecule has 2 aromatic rings. The number of aldehydes is 1. The molecule has 0 bridgehead atoms. The summed E-state index contributed by atoms with van der Waals surface area (Å²) in [7, 11) is 0. The van der Waals surface area contributed by atoms with Crippen LogP contribution in [0.1, 0.15) is 35.8 Å². The molecule has 0 radical (unpaired) electrons. The second-order valence-corrected chi connectivity index (χ2v) is 5.56. The minimum atomic E-state index is -0.183. The van der Waals surface area contributed by atoms with Crippen molar-refractivity contribution in [1.29, 1.82) is 0 Å². The van der Waals surface area contributed by atoms with Gasteiger partial charge in [-0.25, -0.2) is 0 Å². The number of anilines is 1. The number of nitrogens with zero attached hydrogens (tertiary/aromatic N) is 1. The molecule has 0 saturated heterocycles. The maximum atomic E-state index is 12.5. The second kappa shape index (κ2) is 6.74. The molecule has 0 fully saturated rings. The van der Waals surface area contributed by atoms with Crippen molar-refractivity contribution in [3.63, 3.8) is 0 Å². The molecule has 2 aromatic carbocycles. The van der Waals surface area contributed by atoms with Crippen LogP contribution in [0.4, 0.5) is 5.69 Å². The molecule has 0 aromatic heterocycles. The van der Waals surface area contributed by atoms with Crippen molar-refractivity contribution >= 4 is 17.9 Å². The third-order valence-electron chi connectivity index (χ3n) is 4.03. The Labute approximate surface area is 140 Å². The van der Waals surface area contributed by atoms with E-state index in [-0.39, 0.29) is 18.6 Å². The number of fused-ring (bicyclic) bond motifs is 1. The number of carbonyl (C=O) groups is 2. The Kier molecular flexibility index (Phi) is 4.51. The fourth-order valence-electron chi connectivity index (χ4n) is 2.91. The van der Waals surface area contributed by atoms with Crippen molar-refractivity contribution in [3.05, 3.63) is 53.6 Å². The minimum absolute atomic E-state index is 0.0509. The van der Waals surface area contributed by atoms with Crippen LogP contribution in [0.2, 0.25) is 0 Å². The monoisotopic (exact) mass is 325 g/mol. The van der Waals surface area contributed by atoms with Crippen LogP contribution in [0.15, 0.2) is 42.5 Å². The summed E-state index contributed by atoms with van der Waals surface area (Å²) in [4.78, 5) is 25.5. The molecule has 0 aliphatic carbocycles. The molecule has 0 saturated carbocycles. The van der Waals surface area contributed by atoms with Gasteiger partial charge in [0.15, 0.2) is 18.1 Å². The van der Waals surface area contributed by atoms with Gasteiger partial charge in [0.2, 0.25) is 0 Å². The van der Waals surface area contributed by atoms with Crippen molar-refractivity contribution < 1.29 is 19.1 Å². The number of rotatable bonds is 5. The van der Waals surface area contributed by atoms with Crippen LogP contribution in [0, 0.1) is 0 Å². The van der Waals surface area contributed by atoms with Crippen LogP contribution in [-0.4, -0.2) is 25.4 Å². The Bertz CT molecular complexity index is 757. The summed E-state index contributed by atoms with van der Waals surface area (Å²) < 4.78 is 11.2. The third kappa shape index (κ3) is 2.85. The van der Waals surface area contributed by atoms with Gasteiger partial charge in [0.1, 0.15) is 6.29 Å². The standard InChI is InChI=1S/C19H19NO4/c1-3-23-17-10-14(11-21)9-16-19(17)24-12-18(22)20(16)13(2)15-7-5-4-6-8-15/h4-11,13H,3,12H2,1-2H3. The number of ether oxygens (including phenoxy) is 2. The number of hydrogen-bond acceptors (Lipinski definition) is 4. The van der Waals surface area contributed by atoms with Crippen LogP contribution in [0.25, 0.3) is 0 Å². The van der Waals surface area contributed by atoms with Gasteiger partial charge in [0.25, 0.3) is 5.91 Å². The first-order valence-corrected chi connectivity index (χ1v) is 7.91.